The predicted molar refractivity (Wildman–Crippen MR) is 60.3 cm³/mol. The molecule has 0 aliphatic carbocycles. The van der Waals surface area contributed by atoms with Gasteiger partial charge in [0.15, 0.2) is 0 Å². The molecule has 2 aromatic rings. The average Bonchev–Trinajstić information content (AvgIpc) is 2.30. The summed E-state index contributed by atoms with van der Waals surface area (Å²) in [6.45, 7) is 1.68. The molecule has 0 bridgehead atoms. The maximum Gasteiger partial charge on any atom is 0.123 e. The maximum atomic E-state index is 12.8. The number of hydrogen-bond acceptors (Lipinski definition) is 2. The number of aromatic nitrogens is 1. The first kappa shape index (κ1) is 10.8. The highest BCUT2D eigenvalue weighted by molar-refractivity contribution is 5.66. The number of benzene rings is 1. The number of rotatable bonds is 2. The van der Waals surface area contributed by atoms with E-state index < -0.39 is 6.10 Å². The van der Waals surface area contributed by atoms with Crippen molar-refractivity contribution in [3.05, 3.63) is 54.1 Å². The van der Waals surface area contributed by atoms with Crippen LogP contribution in [0.2, 0.25) is 0 Å². The van der Waals surface area contributed by atoms with Gasteiger partial charge in [-0.25, -0.2) is 4.39 Å². The maximum absolute atomic E-state index is 12.8. The van der Waals surface area contributed by atoms with Crippen LogP contribution in [0.1, 0.15) is 18.6 Å². The molecule has 16 heavy (non-hydrogen) atoms. The van der Waals surface area contributed by atoms with Crippen molar-refractivity contribution in [3.8, 4) is 11.1 Å². The molecule has 0 fully saturated rings. The van der Waals surface area contributed by atoms with Crippen molar-refractivity contribution >= 4 is 0 Å². The second kappa shape index (κ2) is 4.41. The highest BCUT2D eigenvalue weighted by Crippen LogP contribution is 2.27. The van der Waals surface area contributed by atoms with E-state index in [0.717, 1.165) is 16.7 Å². The first-order valence-corrected chi connectivity index (χ1v) is 5.06. The van der Waals surface area contributed by atoms with E-state index in [0.29, 0.717) is 0 Å². The zero-order chi connectivity index (χ0) is 11.5. The highest BCUT2D eigenvalue weighted by atomic mass is 19.1. The van der Waals surface area contributed by atoms with Crippen molar-refractivity contribution in [2.24, 2.45) is 0 Å². The standard InChI is InChI=1S/C13H12FNO/c1-9(16)13-8-15-7-6-12(13)10-2-4-11(14)5-3-10/h2-9,16H,1H3. The summed E-state index contributed by atoms with van der Waals surface area (Å²) in [6, 6.07) is 8.01. The van der Waals surface area contributed by atoms with Crippen molar-refractivity contribution < 1.29 is 9.50 Å². The molecule has 1 N–H and O–H groups in total. The number of aliphatic hydroxyl groups excluding tert-OH is 1. The summed E-state index contributed by atoms with van der Waals surface area (Å²) in [5, 5.41) is 9.61. The van der Waals surface area contributed by atoms with Crippen molar-refractivity contribution in [2.45, 2.75) is 13.0 Å². The van der Waals surface area contributed by atoms with Gasteiger partial charge in [-0.05, 0) is 36.2 Å². The van der Waals surface area contributed by atoms with Gasteiger partial charge in [-0.1, -0.05) is 12.1 Å². The van der Waals surface area contributed by atoms with Gasteiger partial charge in [0.25, 0.3) is 0 Å². The average molecular weight is 217 g/mol. The predicted octanol–water partition coefficient (Wildman–Crippen LogP) is 2.94. The Kier molecular flexibility index (Phi) is 2.97. The summed E-state index contributed by atoms with van der Waals surface area (Å²) in [5.41, 5.74) is 2.50. The summed E-state index contributed by atoms with van der Waals surface area (Å²) >= 11 is 0. The van der Waals surface area contributed by atoms with E-state index in [-0.39, 0.29) is 5.82 Å². The lowest BCUT2D eigenvalue weighted by atomic mass is 9.99. The van der Waals surface area contributed by atoms with E-state index in [1.807, 2.05) is 6.07 Å². The van der Waals surface area contributed by atoms with E-state index >= 15 is 0 Å². The van der Waals surface area contributed by atoms with Gasteiger partial charge in [0.1, 0.15) is 5.82 Å². The molecule has 3 heteroatoms. The molecule has 1 atom stereocenters. The van der Waals surface area contributed by atoms with Crippen LogP contribution in [-0.4, -0.2) is 10.1 Å². The molecule has 0 radical (unpaired) electrons. The molecular formula is C13H12FNO. The molecule has 1 aromatic heterocycles. The number of halogens is 1. The zero-order valence-corrected chi connectivity index (χ0v) is 8.89. The minimum Gasteiger partial charge on any atom is -0.389 e. The van der Waals surface area contributed by atoms with Gasteiger partial charge < -0.3 is 5.11 Å². The van der Waals surface area contributed by atoms with Crippen LogP contribution in [0.15, 0.2) is 42.7 Å². The quantitative estimate of drug-likeness (QED) is 0.838. The number of nitrogens with zero attached hydrogens (tertiary/aromatic N) is 1. The molecule has 82 valence electrons. The van der Waals surface area contributed by atoms with Crippen molar-refractivity contribution in [2.75, 3.05) is 0 Å². The summed E-state index contributed by atoms with van der Waals surface area (Å²) in [7, 11) is 0. The van der Waals surface area contributed by atoms with Gasteiger partial charge in [0, 0.05) is 18.0 Å². The Morgan fingerprint density at radius 3 is 2.50 bits per heavy atom. The zero-order valence-electron chi connectivity index (χ0n) is 8.89. The topological polar surface area (TPSA) is 33.1 Å². The minimum absolute atomic E-state index is 0.267. The lowest BCUT2D eigenvalue weighted by molar-refractivity contribution is 0.199. The summed E-state index contributed by atoms with van der Waals surface area (Å²) in [5.74, 6) is -0.267. The van der Waals surface area contributed by atoms with Crippen LogP contribution >= 0.6 is 0 Å². The molecular weight excluding hydrogens is 205 g/mol. The van der Waals surface area contributed by atoms with Gasteiger partial charge in [-0.2, -0.15) is 0 Å². The number of pyridine rings is 1. The lowest BCUT2D eigenvalue weighted by Gasteiger charge is -2.11. The molecule has 0 aliphatic rings. The number of hydrogen-bond donors (Lipinski definition) is 1. The van der Waals surface area contributed by atoms with Crippen molar-refractivity contribution in [1.82, 2.24) is 4.98 Å². The van der Waals surface area contributed by atoms with Crippen LogP contribution in [0.5, 0.6) is 0 Å². The van der Waals surface area contributed by atoms with Gasteiger partial charge >= 0.3 is 0 Å². The minimum atomic E-state index is -0.589. The van der Waals surface area contributed by atoms with Crippen molar-refractivity contribution in [3.63, 3.8) is 0 Å². The SMILES string of the molecule is CC(O)c1cnccc1-c1ccc(F)cc1. The van der Waals surface area contributed by atoms with Crippen LogP contribution < -0.4 is 0 Å². The third-order valence-corrected chi connectivity index (χ3v) is 2.46. The first-order chi connectivity index (χ1) is 7.68. The summed E-state index contributed by atoms with van der Waals surface area (Å²) < 4.78 is 12.8. The Morgan fingerprint density at radius 1 is 1.19 bits per heavy atom. The van der Waals surface area contributed by atoms with E-state index in [2.05, 4.69) is 4.98 Å². The van der Waals surface area contributed by atoms with Gasteiger partial charge in [0.05, 0.1) is 6.10 Å². The lowest BCUT2D eigenvalue weighted by Crippen LogP contribution is -1.95. The van der Waals surface area contributed by atoms with Crippen LogP contribution in [-0.2, 0) is 0 Å². The van der Waals surface area contributed by atoms with Crippen LogP contribution in [0.3, 0.4) is 0 Å². The smallest absolute Gasteiger partial charge is 0.123 e. The van der Waals surface area contributed by atoms with E-state index in [1.165, 1.54) is 12.1 Å². The summed E-state index contributed by atoms with van der Waals surface area (Å²) in [6.07, 6.45) is 2.70. The molecule has 0 amide bonds. The molecule has 2 nitrogen and oxygen atoms in total. The van der Waals surface area contributed by atoms with Crippen molar-refractivity contribution in [1.29, 1.82) is 0 Å². The fraction of sp³-hybridized carbons (Fsp3) is 0.154. The molecule has 0 saturated carbocycles. The Balaban J connectivity index is 2.51. The molecule has 1 aromatic carbocycles. The molecule has 0 spiro atoms. The molecule has 2 rings (SSSR count). The van der Waals surface area contributed by atoms with Gasteiger partial charge in [-0.15, -0.1) is 0 Å². The third-order valence-electron chi connectivity index (χ3n) is 2.46. The van der Waals surface area contributed by atoms with Crippen LogP contribution in [0.25, 0.3) is 11.1 Å². The van der Waals surface area contributed by atoms with Gasteiger partial charge in [-0.3, -0.25) is 4.98 Å². The van der Waals surface area contributed by atoms with E-state index in [9.17, 15) is 9.50 Å². The Hall–Kier alpha value is -1.74. The Bertz CT molecular complexity index is 480. The molecule has 1 heterocycles. The molecule has 0 aliphatic heterocycles. The highest BCUT2D eigenvalue weighted by Gasteiger charge is 2.09. The summed E-state index contributed by atoms with van der Waals surface area (Å²) in [4.78, 5) is 3.98. The van der Waals surface area contributed by atoms with E-state index in [1.54, 1.807) is 31.5 Å². The third kappa shape index (κ3) is 2.09. The monoisotopic (exact) mass is 217 g/mol. The Morgan fingerprint density at radius 2 is 1.88 bits per heavy atom. The van der Waals surface area contributed by atoms with Crippen LogP contribution in [0, 0.1) is 5.82 Å². The normalized spacial score (nSPS) is 12.4. The fourth-order valence-electron chi connectivity index (χ4n) is 1.63. The van der Waals surface area contributed by atoms with E-state index in [4.69, 9.17) is 0 Å². The Labute approximate surface area is 93.4 Å². The second-order valence-corrected chi connectivity index (χ2v) is 3.65. The first-order valence-electron chi connectivity index (χ1n) is 5.06. The van der Waals surface area contributed by atoms with Crippen LogP contribution in [0.4, 0.5) is 4.39 Å². The molecule has 1 unspecified atom stereocenters. The largest absolute Gasteiger partial charge is 0.389 e. The second-order valence-electron chi connectivity index (χ2n) is 3.65. The number of aliphatic hydroxyl groups is 1. The molecule has 0 saturated heterocycles. The fourth-order valence-corrected chi connectivity index (χ4v) is 1.63. The van der Waals surface area contributed by atoms with Gasteiger partial charge in [0.2, 0.25) is 0 Å².